The average molecular weight is 306 g/mol. The largest absolute Gasteiger partial charge is 0.0617 e. The molecule has 4 rings (SSSR count). The van der Waals surface area contributed by atoms with E-state index in [-0.39, 0.29) is 0 Å². The molecule has 0 bridgehead atoms. The number of hydrogen-bond acceptors (Lipinski definition) is 0. The summed E-state index contributed by atoms with van der Waals surface area (Å²) in [5.74, 6) is 6.53. The van der Waals surface area contributed by atoms with Crippen LogP contribution in [0.5, 0.6) is 0 Å². The number of fused-ring (bicyclic) bond motifs is 2. The first-order valence-corrected chi connectivity index (χ1v) is 8.20. The summed E-state index contributed by atoms with van der Waals surface area (Å²) in [6.07, 6.45) is 0. The molecule has 0 saturated heterocycles. The van der Waals surface area contributed by atoms with Gasteiger partial charge in [-0.1, -0.05) is 59.4 Å². The fraction of sp³-hybridized carbons (Fsp3) is 0.0833. The number of aryl methyl sites for hydroxylation is 2. The molecule has 0 radical (unpaired) electrons. The lowest BCUT2D eigenvalue weighted by Crippen LogP contribution is -1.81. The molecule has 0 nitrogen and oxygen atoms in total. The summed E-state index contributed by atoms with van der Waals surface area (Å²) in [6.45, 7) is 4.22. The lowest BCUT2D eigenvalue weighted by molar-refractivity contribution is 1.46. The van der Waals surface area contributed by atoms with Crippen molar-refractivity contribution in [2.75, 3.05) is 0 Å². The molecule has 0 unspecified atom stereocenters. The lowest BCUT2D eigenvalue weighted by atomic mass is 10.0. The van der Waals surface area contributed by atoms with E-state index in [1.165, 1.54) is 32.7 Å². The first-order valence-electron chi connectivity index (χ1n) is 8.20. The predicted octanol–water partition coefficient (Wildman–Crippen LogP) is 6.01. The Balaban J connectivity index is 1.76. The van der Waals surface area contributed by atoms with Crippen LogP contribution in [0.4, 0.5) is 0 Å². The quantitative estimate of drug-likeness (QED) is 0.276. The SMILES string of the molecule is Cc1ccc(C#Cc2ccc3cc4cc(C)ccc4cc3c2)cc1. The van der Waals surface area contributed by atoms with Crippen LogP contribution < -0.4 is 0 Å². The van der Waals surface area contributed by atoms with Crippen molar-refractivity contribution in [1.82, 2.24) is 0 Å². The van der Waals surface area contributed by atoms with Crippen molar-refractivity contribution in [2.45, 2.75) is 13.8 Å². The molecule has 0 amide bonds. The monoisotopic (exact) mass is 306 g/mol. The summed E-state index contributed by atoms with van der Waals surface area (Å²) < 4.78 is 0. The van der Waals surface area contributed by atoms with E-state index in [0.717, 1.165) is 11.1 Å². The summed E-state index contributed by atoms with van der Waals surface area (Å²) in [4.78, 5) is 0. The summed E-state index contributed by atoms with van der Waals surface area (Å²) in [6, 6.07) is 25.9. The summed E-state index contributed by atoms with van der Waals surface area (Å²) in [7, 11) is 0. The van der Waals surface area contributed by atoms with Crippen LogP contribution in [0.2, 0.25) is 0 Å². The van der Waals surface area contributed by atoms with Crippen LogP contribution in [0, 0.1) is 25.7 Å². The molecule has 4 aromatic carbocycles. The zero-order chi connectivity index (χ0) is 16.5. The van der Waals surface area contributed by atoms with Gasteiger partial charge in [-0.2, -0.15) is 0 Å². The van der Waals surface area contributed by atoms with E-state index >= 15 is 0 Å². The second kappa shape index (κ2) is 5.87. The smallest absolute Gasteiger partial charge is 0.0255 e. The molecule has 0 aromatic heterocycles. The van der Waals surface area contributed by atoms with Gasteiger partial charge >= 0.3 is 0 Å². The fourth-order valence-corrected chi connectivity index (χ4v) is 2.98. The van der Waals surface area contributed by atoms with Crippen LogP contribution in [-0.4, -0.2) is 0 Å². The van der Waals surface area contributed by atoms with E-state index in [9.17, 15) is 0 Å². The molecule has 0 heterocycles. The molecule has 4 aromatic rings. The third-order valence-electron chi connectivity index (χ3n) is 4.35. The molecular formula is C24H18. The van der Waals surface area contributed by atoms with Crippen LogP contribution >= 0.6 is 0 Å². The minimum atomic E-state index is 1.05. The van der Waals surface area contributed by atoms with Gasteiger partial charge in [0.1, 0.15) is 0 Å². The van der Waals surface area contributed by atoms with Crippen LogP contribution in [0.15, 0.2) is 72.8 Å². The maximum absolute atomic E-state index is 3.28. The van der Waals surface area contributed by atoms with Gasteiger partial charge in [0, 0.05) is 11.1 Å². The van der Waals surface area contributed by atoms with Crippen LogP contribution in [0.25, 0.3) is 21.5 Å². The van der Waals surface area contributed by atoms with Gasteiger partial charge in [0.2, 0.25) is 0 Å². The van der Waals surface area contributed by atoms with E-state index in [1.807, 2.05) is 0 Å². The molecular weight excluding hydrogens is 288 g/mol. The van der Waals surface area contributed by atoms with E-state index in [0.29, 0.717) is 0 Å². The van der Waals surface area contributed by atoms with Gasteiger partial charge < -0.3 is 0 Å². The molecule has 0 fully saturated rings. The van der Waals surface area contributed by atoms with Crippen molar-refractivity contribution < 1.29 is 0 Å². The number of hydrogen-bond donors (Lipinski definition) is 0. The maximum Gasteiger partial charge on any atom is 0.0255 e. The molecule has 114 valence electrons. The maximum atomic E-state index is 3.28. The Morgan fingerprint density at radius 1 is 0.458 bits per heavy atom. The molecule has 0 aliphatic rings. The van der Waals surface area contributed by atoms with Crippen LogP contribution in [-0.2, 0) is 0 Å². The fourth-order valence-electron chi connectivity index (χ4n) is 2.98. The standard InChI is InChI=1S/C24H18/c1-17-3-6-19(7-4-17)8-9-20-10-12-22-15-23-13-18(2)5-11-21(23)16-24(22)14-20/h3-7,10-16H,1-2H3. The van der Waals surface area contributed by atoms with Gasteiger partial charge in [-0.15, -0.1) is 0 Å². The highest BCUT2D eigenvalue weighted by Gasteiger charge is 1.99. The van der Waals surface area contributed by atoms with Crippen molar-refractivity contribution in [3.05, 3.63) is 95.1 Å². The Kier molecular flexibility index (Phi) is 3.56. The van der Waals surface area contributed by atoms with Crippen molar-refractivity contribution in [2.24, 2.45) is 0 Å². The normalized spacial score (nSPS) is 10.6. The second-order valence-corrected chi connectivity index (χ2v) is 6.38. The van der Waals surface area contributed by atoms with Crippen molar-refractivity contribution in [3.63, 3.8) is 0 Å². The van der Waals surface area contributed by atoms with E-state index in [2.05, 4.69) is 98.5 Å². The zero-order valence-corrected chi connectivity index (χ0v) is 13.9. The van der Waals surface area contributed by atoms with Gasteiger partial charge in [0.25, 0.3) is 0 Å². The third kappa shape index (κ3) is 2.90. The molecule has 0 spiro atoms. The van der Waals surface area contributed by atoms with Gasteiger partial charge in [-0.3, -0.25) is 0 Å². The molecule has 0 heteroatoms. The second-order valence-electron chi connectivity index (χ2n) is 6.38. The Bertz CT molecular complexity index is 1100. The first kappa shape index (κ1) is 14.5. The summed E-state index contributed by atoms with van der Waals surface area (Å²) in [5, 5.41) is 5.06. The average Bonchev–Trinajstić information content (AvgIpc) is 2.59. The van der Waals surface area contributed by atoms with Crippen LogP contribution in [0.1, 0.15) is 22.3 Å². The van der Waals surface area contributed by atoms with Gasteiger partial charge in [-0.05, 0) is 71.8 Å². The van der Waals surface area contributed by atoms with E-state index < -0.39 is 0 Å². The molecule has 0 atom stereocenters. The molecule has 24 heavy (non-hydrogen) atoms. The van der Waals surface area contributed by atoms with E-state index in [4.69, 9.17) is 0 Å². The highest BCUT2D eigenvalue weighted by molar-refractivity contribution is 5.98. The topological polar surface area (TPSA) is 0 Å². The number of rotatable bonds is 0. The van der Waals surface area contributed by atoms with Gasteiger partial charge in [-0.25, -0.2) is 0 Å². The van der Waals surface area contributed by atoms with Crippen LogP contribution in [0.3, 0.4) is 0 Å². The molecule has 0 saturated carbocycles. The van der Waals surface area contributed by atoms with E-state index in [1.54, 1.807) is 0 Å². The minimum absolute atomic E-state index is 1.05. The summed E-state index contributed by atoms with van der Waals surface area (Å²) in [5.41, 5.74) is 4.65. The number of benzene rings is 4. The molecule has 0 aliphatic carbocycles. The molecule has 0 N–H and O–H groups in total. The Morgan fingerprint density at radius 2 is 1.00 bits per heavy atom. The predicted molar refractivity (Wildman–Crippen MR) is 103 cm³/mol. The third-order valence-corrected chi connectivity index (χ3v) is 4.35. The zero-order valence-electron chi connectivity index (χ0n) is 13.9. The molecule has 0 aliphatic heterocycles. The van der Waals surface area contributed by atoms with Gasteiger partial charge in [0.15, 0.2) is 0 Å². The van der Waals surface area contributed by atoms with Gasteiger partial charge in [0.05, 0.1) is 0 Å². The highest BCUT2D eigenvalue weighted by Crippen LogP contribution is 2.24. The van der Waals surface area contributed by atoms with Crippen molar-refractivity contribution in [3.8, 4) is 11.8 Å². The van der Waals surface area contributed by atoms with Crippen molar-refractivity contribution in [1.29, 1.82) is 0 Å². The minimum Gasteiger partial charge on any atom is -0.0617 e. The Labute approximate surface area is 142 Å². The Hall–Kier alpha value is -3.04. The van der Waals surface area contributed by atoms with Crippen molar-refractivity contribution >= 4 is 21.5 Å². The first-order chi connectivity index (χ1) is 11.7. The Morgan fingerprint density at radius 3 is 1.75 bits per heavy atom. The summed E-state index contributed by atoms with van der Waals surface area (Å²) >= 11 is 0. The lowest BCUT2D eigenvalue weighted by Gasteiger charge is -2.04. The highest BCUT2D eigenvalue weighted by atomic mass is 14.0.